The molecule has 1 saturated carbocycles. The van der Waals surface area contributed by atoms with Gasteiger partial charge in [0.1, 0.15) is 0 Å². The van der Waals surface area contributed by atoms with Crippen LogP contribution in [0.2, 0.25) is 0 Å². The van der Waals surface area contributed by atoms with E-state index in [1.165, 1.54) is 12.8 Å². The summed E-state index contributed by atoms with van der Waals surface area (Å²) in [5, 5.41) is 0. The van der Waals surface area contributed by atoms with E-state index >= 15 is 0 Å². The minimum atomic E-state index is 0.259. The lowest BCUT2D eigenvalue weighted by molar-refractivity contribution is 0.565. The Morgan fingerprint density at radius 1 is 1.62 bits per heavy atom. The molecule has 1 rings (SSSR count). The highest BCUT2D eigenvalue weighted by molar-refractivity contribution is 5.05. The van der Waals surface area contributed by atoms with Crippen molar-refractivity contribution < 1.29 is 0 Å². The third-order valence-electron chi connectivity index (χ3n) is 2.43. The van der Waals surface area contributed by atoms with E-state index in [9.17, 15) is 0 Å². The number of hydrogen-bond donors (Lipinski definition) is 1. The van der Waals surface area contributed by atoms with Gasteiger partial charge < -0.3 is 5.73 Å². The first kappa shape index (κ1) is 6.09. The van der Waals surface area contributed by atoms with Crippen molar-refractivity contribution in [2.45, 2.75) is 38.6 Å². The molecule has 1 fully saturated rings. The second kappa shape index (κ2) is 1.73. The summed E-state index contributed by atoms with van der Waals surface area (Å²) >= 11 is 0. The first-order valence-electron chi connectivity index (χ1n) is 3.52. The number of nitrogens with two attached hydrogens (primary N) is 1. The molecule has 2 N–H and O–H groups in total. The second-order valence-electron chi connectivity index (χ2n) is 2.90. The SMILES string of the molecule is CCC1CC1(N)CC. The molecule has 8 heavy (non-hydrogen) atoms. The normalized spacial score (nSPS) is 44.6. The van der Waals surface area contributed by atoms with Gasteiger partial charge in [-0.3, -0.25) is 0 Å². The van der Waals surface area contributed by atoms with E-state index in [2.05, 4.69) is 13.8 Å². The van der Waals surface area contributed by atoms with E-state index in [0.29, 0.717) is 0 Å². The Balaban J connectivity index is 2.31. The molecule has 1 heteroatoms. The summed E-state index contributed by atoms with van der Waals surface area (Å²) in [5.74, 6) is 0.840. The van der Waals surface area contributed by atoms with Crippen LogP contribution < -0.4 is 5.73 Å². The molecule has 0 amide bonds. The van der Waals surface area contributed by atoms with Crippen molar-refractivity contribution in [3.63, 3.8) is 0 Å². The summed E-state index contributed by atoms with van der Waals surface area (Å²) in [6.07, 6.45) is 3.69. The maximum Gasteiger partial charge on any atom is 0.0184 e. The highest BCUT2D eigenvalue weighted by Crippen LogP contribution is 2.45. The molecule has 1 nitrogen and oxygen atoms in total. The lowest BCUT2D eigenvalue weighted by Crippen LogP contribution is -2.23. The maximum absolute atomic E-state index is 5.90. The summed E-state index contributed by atoms with van der Waals surface area (Å²) in [6.45, 7) is 4.39. The van der Waals surface area contributed by atoms with Crippen molar-refractivity contribution in [1.29, 1.82) is 0 Å². The van der Waals surface area contributed by atoms with Crippen molar-refractivity contribution in [1.82, 2.24) is 0 Å². The molecule has 0 aromatic carbocycles. The summed E-state index contributed by atoms with van der Waals surface area (Å²) in [5.41, 5.74) is 6.16. The van der Waals surface area contributed by atoms with Crippen LogP contribution in [-0.4, -0.2) is 5.54 Å². The van der Waals surface area contributed by atoms with Crippen LogP contribution in [0.15, 0.2) is 0 Å². The fraction of sp³-hybridized carbons (Fsp3) is 1.00. The van der Waals surface area contributed by atoms with E-state index in [1.807, 2.05) is 0 Å². The molecule has 0 radical (unpaired) electrons. The smallest absolute Gasteiger partial charge is 0.0184 e. The Labute approximate surface area is 51.3 Å². The first-order valence-corrected chi connectivity index (χ1v) is 3.52. The van der Waals surface area contributed by atoms with Crippen molar-refractivity contribution in [3.8, 4) is 0 Å². The highest BCUT2D eigenvalue weighted by atomic mass is 14.8. The van der Waals surface area contributed by atoms with Crippen LogP contribution in [0, 0.1) is 5.92 Å². The van der Waals surface area contributed by atoms with Gasteiger partial charge in [-0.1, -0.05) is 20.3 Å². The summed E-state index contributed by atoms with van der Waals surface area (Å²) in [7, 11) is 0. The van der Waals surface area contributed by atoms with E-state index in [0.717, 1.165) is 12.3 Å². The predicted octanol–water partition coefficient (Wildman–Crippen LogP) is 1.52. The van der Waals surface area contributed by atoms with Crippen LogP contribution in [0.4, 0.5) is 0 Å². The molecule has 2 unspecified atom stereocenters. The van der Waals surface area contributed by atoms with Crippen LogP contribution in [0.3, 0.4) is 0 Å². The molecule has 0 heterocycles. The van der Waals surface area contributed by atoms with Crippen LogP contribution in [0.25, 0.3) is 0 Å². The van der Waals surface area contributed by atoms with E-state index in [1.54, 1.807) is 0 Å². The lowest BCUT2D eigenvalue weighted by atomic mass is 10.1. The quantitative estimate of drug-likeness (QED) is 0.577. The molecule has 0 bridgehead atoms. The monoisotopic (exact) mass is 113 g/mol. The van der Waals surface area contributed by atoms with Crippen LogP contribution in [0.1, 0.15) is 33.1 Å². The maximum atomic E-state index is 5.90. The van der Waals surface area contributed by atoms with Gasteiger partial charge in [0.15, 0.2) is 0 Å². The predicted molar refractivity (Wildman–Crippen MR) is 35.6 cm³/mol. The van der Waals surface area contributed by atoms with Crippen LogP contribution in [0.5, 0.6) is 0 Å². The van der Waals surface area contributed by atoms with Gasteiger partial charge in [-0.15, -0.1) is 0 Å². The molecular formula is C7H15N. The lowest BCUT2D eigenvalue weighted by Gasteiger charge is -2.03. The fourth-order valence-electron chi connectivity index (χ4n) is 1.38. The Morgan fingerprint density at radius 2 is 2.25 bits per heavy atom. The van der Waals surface area contributed by atoms with E-state index in [-0.39, 0.29) is 5.54 Å². The van der Waals surface area contributed by atoms with Crippen molar-refractivity contribution >= 4 is 0 Å². The van der Waals surface area contributed by atoms with Gasteiger partial charge >= 0.3 is 0 Å². The molecule has 2 atom stereocenters. The molecule has 0 aromatic heterocycles. The van der Waals surface area contributed by atoms with Gasteiger partial charge in [-0.05, 0) is 18.8 Å². The molecule has 1 aliphatic carbocycles. The van der Waals surface area contributed by atoms with E-state index < -0.39 is 0 Å². The molecule has 48 valence electrons. The van der Waals surface area contributed by atoms with Crippen molar-refractivity contribution in [2.75, 3.05) is 0 Å². The minimum Gasteiger partial charge on any atom is -0.325 e. The Hall–Kier alpha value is -0.0400. The van der Waals surface area contributed by atoms with Crippen molar-refractivity contribution in [2.24, 2.45) is 11.7 Å². The average Bonchev–Trinajstić information content (AvgIpc) is 2.44. The minimum absolute atomic E-state index is 0.259. The molecule has 0 spiro atoms. The van der Waals surface area contributed by atoms with Gasteiger partial charge in [-0.25, -0.2) is 0 Å². The van der Waals surface area contributed by atoms with Gasteiger partial charge in [0.25, 0.3) is 0 Å². The zero-order chi connectivity index (χ0) is 6.20. The Kier molecular flexibility index (Phi) is 1.31. The van der Waals surface area contributed by atoms with Crippen molar-refractivity contribution in [3.05, 3.63) is 0 Å². The van der Waals surface area contributed by atoms with E-state index in [4.69, 9.17) is 5.73 Å². The largest absolute Gasteiger partial charge is 0.325 e. The molecule has 1 aliphatic rings. The second-order valence-corrected chi connectivity index (χ2v) is 2.90. The molecular weight excluding hydrogens is 98.1 g/mol. The van der Waals surface area contributed by atoms with Gasteiger partial charge in [0.2, 0.25) is 0 Å². The summed E-state index contributed by atoms with van der Waals surface area (Å²) in [4.78, 5) is 0. The zero-order valence-electron chi connectivity index (χ0n) is 5.78. The Morgan fingerprint density at radius 3 is 2.38 bits per heavy atom. The van der Waals surface area contributed by atoms with Gasteiger partial charge in [0.05, 0.1) is 0 Å². The molecule has 0 aromatic rings. The third-order valence-corrected chi connectivity index (χ3v) is 2.43. The number of rotatable bonds is 2. The highest BCUT2D eigenvalue weighted by Gasteiger charge is 2.47. The fourth-order valence-corrected chi connectivity index (χ4v) is 1.38. The topological polar surface area (TPSA) is 26.0 Å². The molecule has 0 aliphatic heterocycles. The zero-order valence-corrected chi connectivity index (χ0v) is 5.78. The van der Waals surface area contributed by atoms with Gasteiger partial charge in [-0.2, -0.15) is 0 Å². The first-order chi connectivity index (χ1) is 3.73. The standard InChI is InChI=1S/C7H15N/c1-3-6-5-7(6,8)4-2/h6H,3-5,8H2,1-2H3. The third kappa shape index (κ3) is 0.752. The number of hydrogen-bond acceptors (Lipinski definition) is 1. The van der Waals surface area contributed by atoms with Gasteiger partial charge in [0, 0.05) is 5.54 Å². The van der Waals surface area contributed by atoms with Crippen LogP contribution >= 0.6 is 0 Å². The summed E-state index contributed by atoms with van der Waals surface area (Å²) in [6, 6.07) is 0. The average molecular weight is 113 g/mol. The summed E-state index contributed by atoms with van der Waals surface area (Å²) < 4.78 is 0. The molecule has 0 saturated heterocycles. The van der Waals surface area contributed by atoms with Crippen LogP contribution in [-0.2, 0) is 0 Å². The Bertz CT molecular complexity index is 90.4.